The first-order valence-electron chi connectivity index (χ1n) is 6.56. The quantitative estimate of drug-likeness (QED) is 0.431. The maximum absolute atomic E-state index is 11.9. The molecule has 0 aromatic carbocycles. The first-order valence-corrected chi connectivity index (χ1v) is 6.56. The Morgan fingerprint density at radius 1 is 1.24 bits per heavy atom. The van der Waals surface area contributed by atoms with Gasteiger partial charge >= 0.3 is 18.0 Å². The molecule has 0 fully saturated rings. The third-order valence-electron chi connectivity index (χ3n) is 2.66. The molecule has 0 radical (unpaired) electrons. The van der Waals surface area contributed by atoms with E-state index in [1.165, 1.54) is 0 Å². The number of nitrogens with one attached hydrogen (secondary N) is 1. The van der Waals surface area contributed by atoms with Gasteiger partial charge in [0.1, 0.15) is 12.6 Å². The molecular formula is C12H21N3O6. The summed E-state index contributed by atoms with van der Waals surface area (Å²) < 4.78 is 0. The molecule has 0 aliphatic carbocycles. The van der Waals surface area contributed by atoms with Crippen molar-refractivity contribution in [2.45, 2.75) is 38.6 Å². The number of carboxylic acid groups (broad SMARTS) is 2. The zero-order chi connectivity index (χ0) is 16.4. The molecule has 0 heterocycles. The van der Waals surface area contributed by atoms with E-state index in [0.717, 1.165) is 11.3 Å². The summed E-state index contributed by atoms with van der Waals surface area (Å²) in [6, 6.07) is -2.08. The SMILES string of the molecule is CCCCN(CC(N)=O)C(=O)NC(CCC(=O)O)C(=O)O. The number of carbonyl (C=O) groups excluding carboxylic acids is 2. The van der Waals surface area contributed by atoms with Crippen LogP contribution >= 0.6 is 0 Å². The molecule has 120 valence electrons. The Morgan fingerprint density at radius 2 is 1.86 bits per heavy atom. The number of hydrogen-bond donors (Lipinski definition) is 4. The van der Waals surface area contributed by atoms with E-state index in [9.17, 15) is 19.2 Å². The maximum atomic E-state index is 11.9. The van der Waals surface area contributed by atoms with Gasteiger partial charge < -0.3 is 26.2 Å². The zero-order valence-corrected chi connectivity index (χ0v) is 11.9. The second kappa shape index (κ2) is 9.56. The normalized spacial score (nSPS) is 11.5. The Balaban J connectivity index is 4.68. The van der Waals surface area contributed by atoms with E-state index in [0.29, 0.717) is 6.42 Å². The number of hydrogen-bond acceptors (Lipinski definition) is 4. The van der Waals surface area contributed by atoms with Crippen LogP contribution in [0.3, 0.4) is 0 Å². The first kappa shape index (κ1) is 18.7. The highest BCUT2D eigenvalue weighted by Gasteiger charge is 2.24. The van der Waals surface area contributed by atoms with Crippen LogP contribution in [0.1, 0.15) is 32.6 Å². The van der Waals surface area contributed by atoms with E-state index in [2.05, 4.69) is 5.32 Å². The van der Waals surface area contributed by atoms with E-state index in [1.54, 1.807) is 0 Å². The number of urea groups is 1. The highest BCUT2D eigenvalue weighted by Crippen LogP contribution is 2.01. The summed E-state index contributed by atoms with van der Waals surface area (Å²) in [5.74, 6) is -3.20. The molecule has 0 saturated carbocycles. The van der Waals surface area contributed by atoms with Gasteiger partial charge in [0.2, 0.25) is 5.91 Å². The summed E-state index contributed by atoms with van der Waals surface area (Å²) in [5, 5.41) is 19.7. The van der Waals surface area contributed by atoms with Crippen LogP contribution in [0.4, 0.5) is 4.79 Å². The average Bonchev–Trinajstić information content (AvgIpc) is 2.37. The number of primary amides is 1. The van der Waals surface area contributed by atoms with Crippen molar-refractivity contribution >= 4 is 23.9 Å². The number of amides is 3. The summed E-state index contributed by atoms with van der Waals surface area (Å²) >= 11 is 0. The third kappa shape index (κ3) is 8.45. The Bertz CT molecular complexity index is 398. The highest BCUT2D eigenvalue weighted by molar-refractivity contribution is 5.86. The minimum absolute atomic E-state index is 0.241. The van der Waals surface area contributed by atoms with Crippen molar-refractivity contribution in [3.63, 3.8) is 0 Å². The summed E-state index contributed by atoms with van der Waals surface area (Å²) in [6.07, 6.45) is 0.786. The number of aliphatic carboxylic acids is 2. The predicted molar refractivity (Wildman–Crippen MR) is 72.5 cm³/mol. The molecule has 0 aromatic rings. The van der Waals surface area contributed by atoms with Crippen LogP contribution in [0, 0.1) is 0 Å². The van der Waals surface area contributed by atoms with Crippen molar-refractivity contribution in [2.24, 2.45) is 5.73 Å². The van der Waals surface area contributed by atoms with Gasteiger partial charge in [-0.05, 0) is 12.8 Å². The summed E-state index contributed by atoms with van der Waals surface area (Å²) in [5.41, 5.74) is 5.04. The smallest absolute Gasteiger partial charge is 0.326 e. The summed E-state index contributed by atoms with van der Waals surface area (Å²) in [7, 11) is 0. The molecule has 9 heteroatoms. The second-order valence-electron chi connectivity index (χ2n) is 4.51. The minimum Gasteiger partial charge on any atom is -0.481 e. The monoisotopic (exact) mass is 303 g/mol. The predicted octanol–water partition coefficient (Wildman–Crippen LogP) is -0.399. The number of rotatable bonds is 10. The fourth-order valence-corrected chi connectivity index (χ4v) is 1.56. The Morgan fingerprint density at radius 3 is 2.29 bits per heavy atom. The maximum Gasteiger partial charge on any atom is 0.326 e. The van der Waals surface area contributed by atoms with Crippen molar-refractivity contribution < 1.29 is 29.4 Å². The molecule has 1 atom stereocenters. The number of nitrogens with two attached hydrogens (primary N) is 1. The molecule has 0 aliphatic heterocycles. The van der Waals surface area contributed by atoms with Crippen LogP contribution < -0.4 is 11.1 Å². The van der Waals surface area contributed by atoms with Crippen LogP contribution in [0.25, 0.3) is 0 Å². The van der Waals surface area contributed by atoms with E-state index >= 15 is 0 Å². The lowest BCUT2D eigenvalue weighted by Gasteiger charge is -2.23. The lowest BCUT2D eigenvalue weighted by atomic mass is 10.1. The summed E-state index contributed by atoms with van der Waals surface area (Å²) in [4.78, 5) is 45.4. The number of nitrogens with zero attached hydrogens (tertiary/aromatic N) is 1. The first-order chi connectivity index (χ1) is 9.77. The van der Waals surface area contributed by atoms with Crippen LogP contribution in [-0.4, -0.2) is 58.1 Å². The van der Waals surface area contributed by atoms with E-state index < -0.39 is 29.9 Å². The van der Waals surface area contributed by atoms with Crippen molar-refractivity contribution in [3.05, 3.63) is 0 Å². The van der Waals surface area contributed by atoms with Gasteiger partial charge in [0.05, 0.1) is 0 Å². The highest BCUT2D eigenvalue weighted by atomic mass is 16.4. The molecule has 3 amide bonds. The van der Waals surface area contributed by atoms with Crippen LogP contribution in [-0.2, 0) is 14.4 Å². The van der Waals surface area contributed by atoms with Crippen molar-refractivity contribution in [1.29, 1.82) is 0 Å². The largest absolute Gasteiger partial charge is 0.481 e. The molecule has 9 nitrogen and oxygen atoms in total. The van der Waals surface area contributed by atoms with Gasteiger partial charge in [0.15, 0.2) is 0 Å². The van der Waals surface area contributed by atoms with E-state index in [-0.39, 0.29) is 25.9 Å². The van der Waals surface area contributed by atoms with Gasteiger partial charge in [-0.25, -0.2) is 9.59 Å². The van der Waals surface area contributed by atoms with Gasteiger partial charge in [0.25, 0.3) is 0 Å². The molecule has 1 unspecified atom stereocenters. The van der Waals surface area contributed by atoms with E-state index in [4.69, 9.17) is 15.9 Å². The molecule has 5 N–H and O–H groups in total. The van der Waals surface area contributed by atoms with Crippen LogP contribution in [0.5, 0.6) is 0 Å². The van der Waals surface area contributed by atoms with Crippen molar-refractivity contribution in [3.8, 4) is 0 Å². The van der Waals surface area contributed by atoms with Gasteiger partial charge in [-0.3, -0.25) is 9.59 Å². The van der Waals surface area contributed by atoms with Crippen LogP contribution in [0.15, 0.2) is 0 Å². The minimum atomic E-state index is -1.33. The van der Waals surface area contributed by atoms with Crippen molar-refractivity contribution in [1.82, 2.24) is 10.2 Å². The topological polar surface area (TPSA) is 150 Å². The molecular weight excluding hydrogens is 282 g/mol. The fourth-order valence-electron chi connectivity index (χ4n) is 1.56. The van der Waals surface area contributed by atoms with Gasteiger partial charge in [0, 0.05) is 13.0 Å². The van der Waals surface area contributed by atoms with Gasteiger partial charge in [-0.15, -0.1) is 0 Å². The standard InChI is InChI=1S/C12H21N3O6/c1-2-3-6-15(7-9(13)16)12(21)14-8(11(19)20)4-5-10(17)18/h8H,2-7H2,1H3,(H2,13,16)(H,14,21)(H,17,18)(H,19,20). The lowest BCUT2D eigenvalue weighted by Crippen LogP contribution is -2.50. The molecule has 21 heavy (non-hydrogen) atoms. The molecule has 0 rings (SSSR count). The summed E-state index contributed by atoms with van der Waals surface area (Å²) in [6.45, 7) is 1.83. The Hall–Kier alpha value is -2.32. The second-order valence-corrected chi connectivity index (χ2v) is 4.51. The van der Waals surface area contributed by atoms with Gasteiger partial charge in [-0.1, -0.05) is 13.3 Å². The average molecular weight is 303 g/mol. The molecule has 0 bridgehead atoms. The Labute approximate surface area is 122 Å². The molecule has 0 spiro atoms. The lowest BCUT2D eigenvalue weighted by molar-refractivity contribution is -0.140. The third-order valence-corrected chi connectivity index (χ3v) is 2.66. The number of unbranched alkanes of at least 4 members (excludes halogenated alkanes) is 1. The molecule has 0 aliphatic rings. The Kier molecular flexibility index (Phi) is 8.51. The van der Waals surface area contributed by atoms with E-state index in [1.807, 2.05) is 6.92 Å². The van der Waals surface area contributed by atoms with Crippen molar-refractivity contribution in [2.75, 3.05) is 13.1 Å². The number of carboxylic acids is 2. The molecule has 0 aromatic heterocycles. The molecule has 0 saturated heterocycles. The van der Waals surface area contributed by atoms with Gasteiger partial charge in [-0.2, -0.15) is 0 Å². The zero-order valence-electron chi connectivity index (χ0n) is 11.9. The fraction of sp³-hybridized carbons (Fsp3) is 0.667. The van der Waals surface area contributed by atoms with Crippen LogP contribution in [0.2, 0.25) is 0 Å². The number of carbonyl (C=O) groups is 4.